The van der Waals surface area contributed by atoms with Crippen LogP contribution in [0.3, 0.4) is 0 Å². The molecule has 2 rings (SSSR count). The Balaban J connectivity index is 2.11. The molecule has 6 heteroatoms. The highest BCUT2D eigenvalue weighted by Gasteiger charge is 2.32. The number of carboxylic acid groups (broad SMARTS) is 1. The van der Waals surface area contributed by atoms with Crippen LogP contribution in [0.15, 0.2) is 24.3 Å². The van der Waals surface area contributed by atoms with Crippen molar-refractivity contribution in [2.45, 2.75) is 25.9 Å². The van der Waals surface area contributed by atoms with E-state index in [0.717, 1.165) is 24.6 Å². The molecule has 21 heavy (non-hydrogen) atoms. The number of carbonyl (C=O) groups excluding carboxylic acids is 1. The summed E-state index contributed by atoms with van der Waals surface area (Å²) >= 11 is 0. The molecule has 0 spiro atoms. The largest absolute Gasteiger partial charge is 0.479 e. The molecular weight excluding hydrogens is 272 g/mol. The van der Waals surface area contributed by atoms with Crippen molar-refractivity contribution in [1.82, 2.24) is 5.32 Å². The van der Waals surface area contributed by atoms with Gasteiger partial charge in [0.25, 0.3) is 0 Å². The molecule has 2 amide bonds. The molecule has 0 saturated carbocycles. The van der Waals surface area contributed by atoms with Crippen LogP contribution in [0.4, 0.5) is 10.5 Å². The molecule has 1 aromatic carbocycles. The Hall–Kier alpha value is -2.08. The zero-order valence-electron chi connectivity index (χ0n) is 12.2. The first kappa shape index (κ1) is 15.3. The summed E-state index contributed by atoms with van der Waals surface area (Å²) < 4.78 is 0. The van der Waals surface area contributed by atoms with Crippen molar-refractivity contribution in [1.29, 1.82) is 0 Å². The number of aliphatic carboxylic acids is 1. The van der Waals surface area contributed by atoms with Crippen molar-refractivity contribution in [2.75, 3.05) is 18.0 Å². The molecule has 0 aromatic heterocycles. The summed E-state index contributed by atoms with van der Waals surface area (Å²) in [5.74, 6) is -1.04. The molecule has 2 unspecified atom stereocenters. The molecule has 0 bridgehead atoms. The van der Waals surface area contributed by atoms with E-state index in [1.807, 2.05) is 24.3 Å². The summed E-state index contributed by atoms with van der Waals surface area (Å²) in [6.45, 7) is 3.44. The van der Waals surface area contributed by atoms with Crippen LogP contribution in [0.25, 0.3) is 0 Å². The second kappa shape index (κ2) is 5.73. The van der Waals surface area contributed by atoms with Gasteiger partial charge in [-0.15, -0.1) is 0 Å². The standard InChI is InChI=1S/C15H20N2O4/c1-10-7-11-5-3-4-6-12(11)17(8-10)14(20)16-9-15(2,21)13(18)19/h3-6,10,21H,7-9H2,1-2H3,(H,16,20)(H,18,19). The Kier molecular flexibility index (Phi) is 4.18. The monoisotopic (exact) mass is 292 g/mol. The zero-order chi connectivity index (χ0) is 15.6. The fraction of sp³-hybridized carbons (Fsp3) is 0.467. The molecule has 114 valence electrons. The Morgan fingerprint density at radius 2 is 2.10 bits per heavy atom. The van der Waals surface area contributed by atoms with Crippen LogP contribution < -0.4 is 10.2 Å². The van der Waals surface area contributed by atoms with Crippen molar-refractivity contribution in [3.05, 3.63) is 29.8 Å². The molecular formula is C15H20N2O4. The van der Waals surface area contributed by atoms with Crippen LogP contribution in [-0.2, 0) is 11.2 Å². The molecule has 1 aliphatic rings. The van der Waals surface area contributed by atoms with E-state index in [4.69, 9.17) is 5.11 Å². The van der Waals surface area contributed by atoms with Gasteiger partial charge in [0, 0.05) is 12.2 Å². The van der Waals surface area contributed by atoms with Crippen LogP contribution in [0, 0.1) is 5.92 Å². The number of nitrogens with zero attached hydrogens (tertiary/aromatic N) is 1. The molecule has 6 nitrogen and oxygen atoms in total. The molecule has 0 radical (unpaired) electrons. The minimum absolute atomic E-state index is 0.325. The predicted octanol–water partition coefficient (Wildman–Crippen LogP) is 1.23. The zero-order valence-corrected chi connectivity index (χ0v) is 12.2. The lowest BCUT2D eigenvalue weighted by Gasteiger charge is -2.33. The topological polar surface area (TPSA) is 89.9 Å². The highest BCUT2D eigenvalue weighted by atomic mass is 16.4. The third-order valence-electron chi connectivity index (χ3n) is 3.63. The maximum Gasteiger partial charge on any atom is 0.337 e. The molecule has 1 heterocycles. The van der Waals surface area contributed by atoms with E-state index in [1.54, 1.807) is 4.90 Å². The summed E-state index contributed by atoms with van der Waals surface area (Å²) in [4.78, 5) is 24.7. The van der Waals surface area contributed by atoms with Gasteiger partial charge in [-0.25, -0.2) is 9.59 Å². The SMILES string of the molecule is CC1Cc2ccccc2N(C(=O)NCC(C)(O)C(=O)O)C1. The number of amides is 2. The van der Waals surface area contributed by atoms with Gasteiger partial charge in [-0.05, 0) is 30.9 Å². The van der Waals surface area contributed by atoms with E-state index in [-0.39, 0.29) is 6.54 Å². The number of benzene rings is 1. The van der Waals surface area contributed by atoms with Gasteiger partial charge in [0.2, 0.25) is 0 Å². The third-order valence-corrected chi connectivity index (χ3v) is 3.63. The van der Waals surface area contributed by atoms with Crippen molar-refractivity contribution < 1.29 is 19.8 Å². The second-order valence-corrected chi connectivity index (χ2v) is 5.79. The normalized spacial score (nSPS) is 20.3. The summed E-state index contributed by atoms with van der Waals surface area (Å²) in [6.07, 6.45) is 0.910. The van der Waals surface area contributed by atoms with Gasteiger partial charge in [0.15, 0.2) is 5.60 Å². The number of aliphatic hydroxyl groups is 1. The first-order valence-corrected chi connectivity index (χ1v) is 6.90. The van der Waals surface area contributed by atoms with Gasteiger partial charge < -0.3 is 15.5 Å². The van der Waals surface area contributed by atoms with Crippen LogP contribution in [0.2, 0.25) is 0 Å². The third kappa shape index (κ3) is 3.33. The van der Waals surface area contributed by atoms with Crippen LogP contribution in [0.5, 0.6) is 0 Å². The minimum Gasteiger partial charge on any atom is -0.479 e. The van der Waals surface area contributed by atoms with Crippen molar-refractivity contribution >= 4 is 17.7 Å². The lowest BCUT2D eigenvalue weighted by molar-refractivity contribution is -0.155. The number of anilines is 1. The Bertz CT molecular complexity index is 556. The fourth-order valence-corrected chi connectivity index (χ4v) is 2.41. The summed E-state index contributed by atoms with van der Waals surface area (Å²) in [5.41, 5.74) is -0.0456. The number of carbonyl (C=O) groups is 2. The van der Waals surface area contributed by atoms with Gasteiger partial charge in [-0.3, -0.25) is 4.90 Å². The highest BCUT2D eigenvalue weighted by Crippen LogP contribution is 2.29. The average molecular weight is 292 g/mol. The average Bonchev–Trinajstić information content (AvgIpc) is 2.43. The maximum absolute atomic E-state index is 12.3. The lowest BCUT2D eigenvalue weighted by Crippen LogP contribution is -2.52. The van der Waals surface area contributed by atoms with E-state index in [1.165, 1.54) is 0 Å². The highest BCUT2D eigenvalue weighted by molar-refractivity contribution is 5.93. The molecule has 0 aliphatic carbocycles. The Morgan fingerprint density at radius 3 is 2.76 bits per heavy atom. The van der Waals surface area contributed by atoms with E-state index < -0.39 is 17.6 Å². The number of fused-ring (bicyclic) bond motifs is 1. The summed E-state index contributed by atoms with van der Waals surface area (Å²) in [7, 11) is 0. The van der Waals surface area contributed by atoms with Gasteiger partial charge in [-0.1, -0.05) is 25.1 Å². The fourth-order valence-electron chi connectivity index (χ4n) is 2.41. The number of urea groups is 1. The maximum atomic E-state index is 12.3. The number of para-hydroxylation sites is 1. The predicted molar refractivity (Wildman–Crippen MR) is 78.3 cm³/mol. The Morgan fingerprint density at radius 1 is 1.43 bits per heavy atom. The minimum atomic E-state index is -1.98. The second-order valence-electron chi connectivity index (χ2n) is 5.79. The van der Waals surface area contributed by atoms with Gasteiger partial charge >= 0.3 is 12.0 Å². The van der Waals surface area contributed by atoms with Crippen LogP contribution in [-0.4, -0.2) is 40.9 Å². The smallest absolute Gasteiger partial charge is 0.337 e. The van der Waals surface area contributed by atoms with Crippen LogP contribution >= 0.6 is 0 Å². The van der Waals surface area contributed by atoms with Gasteiger partial charge in [-0.2, -0.15) is 0 Å². The number of carboxylic acids is 1. The van der Waals surface area contributed by atoms with Crippen LogP contribution in [0.1, 0.15) is 19.4 Å². The summed E-state index contributed by atoms with van der Waals surface area (Å²) in [6, 6.07) is 7.26. The van der Waals surface area contributed by atoms with Gasteiger partial charge in [0.1, 0.15) is 0 Å². The summed E-state index contributed by atoms with van der Waals surface area (Å²) in [5, 5.41) is 21.0. The van der Waals surface area contributed by atoms with E-state index in [0.29, 0.717) is 12.5 Å². The molecule has 1 aromatic rings. The van der Waals surface area contributed by atoms with Crippen molar-refractivity contribution in [3.8, 4) is 0 Å². The molecule has 1 aliphatic heterocycles. The number of nitrogens with one attached hydrogen (secondary N) is 1. The number of hydrogen-bond donors (Lipinski definition) is 3. The van der Waals surface area contributed by atoms with E-state index in [2.05, 4.69) is 12.2 Å². The van der Waals surface area contributed by atoms with Crippen molar-refractivity contribution in [3.63, 3.8) is 0 Å². The first-order chi connectivity index (χ1) is 9.81. The number of rotatable bonds is 3. The Labute approximate surface area is 123 Å². The lowest BCUT2D eigenvalue weighted by atomic mass is 9.94. The molecule has 0 fully saturated rings. The number of hydrogen-bond acceptors (Lipinski definition) is 3. The molecule has 0 saturated heterocycles. The molecule has 2 atom stereocenters. The van der Waals surface area contributed by atoms with Gasteiger partial charge in [0.05, 0.1) is 6.54 Å². The quantitative estimate of drug-likeness (QED) is 0.781. The van der Waals surface area contributed by atoms with E-state index >= 15 is 0 Å². The molecule has 3 N–H and O–H groups in total. The first-order valence-electron chi connectivity index (χ1n) is 6.90. The van der Waals surface area contributed by atoms with E-state index in [9.17, 15) is 14.7 Å². The van der Waals surface area contributed by atoms with Crippen molar-refractivity contribution in [2.24, 2.45) is 5.92 Å².